The van der Waals surface area contributed by atoms with E-state index in [0.29, 0.717) is 6.54 Å². The molecular weight excluding hydrogens is 255 g/mol. The summed E-state index contributed by atoms with van der Waals surface area (Å²) in [6, 6.07) is 6.25. The highest BCUT2D eigenvalue weighted by atomic mass is 19.1. The van der Waals surface area contributed by atoms with Gasteiger partial charge in [-0.3, -0.25) is 4.79 Å². The summed E-state index contributed by atoms with van der Waals surface area (Å²) in [7, 11) is 1.79. The molecule has 4 heteroatoms. The van der Waals surface area contributed by atoms with Gasteiger partial charge in [0.05, 0.1) is 5.92 Å². The van der Waals surface area contributed by atoms with Crippen LogP contribution in [0.15, 0.2) is 24.3 Å². The highest BCUT2D eigenvalue weighted by Gasteiger charge is 2.29. The molecule has 20 heavy (non-hydrogen) atoms. The summed E-state index contributed by atoms with van der Waals surface area (Å²) in [5.74, 6) is -0.208. The molecule has 2 unspecified atom stereocenters. The number of rotatable bonds is 3. The minimum atomic E-state index is -0.256. The highest BCUT2D eigenvalue weighted by Crippen LogP contribution is 2.24. The quantitative estimate of drug-likeness (QED) is 0.864. The molecule has 0 radical (unpaired) electrons. The lowest BCUT2D eigenvalue weighted by Gasteiger charge is -2.26. The molecule has 110 valence electrons. The average Bonchev–Trinajstić information content (AvgIpc) is 2.65. The summed E-state index contributed by atoms with van der Waals surface area (Å²) in [4.78, 5) is 14.2. The van der Waals surface area contributed by atoms with Gasteiger partial charge in [-0.25, -0.2) is 4.39 Å². The van der Waals surface area contributed by atoms with Gasteiger partial charge in [-0.2, -0.15) is 0 Å². The smallest absolute Gasteiger partial charge is 0.227 e. The van der Waals surface area contributed by atoms with Crippen LogP contribution in [-0.2, 0) is 11.3 Å². The van der Waals surface area contributed by atoms with Crippen molar-refractivity contribution in [2.75, 3.05) is 7.05 Å². The highest BCUT2D eigenvalue weighted by molar-refractivity contribution is 5.79. The number of carbonyl (C=O) groups is 1. The zero-order chi connectivity index (χ0) is 14.5. The van der Waals surface area contributed by atoms with Crippen molar-refractivity contribution in [3.63, 3.8) is 0 Å². The van der Waals surface area contributed by atoms with Crippen LogP contribution in [0.2, 0.25) is 0 Å². The second-order valence-electron chi connectivity index (χ2n) is 5.73. The lowest BCUT2D eigenvalue weighted by molar-refractivity contribution is -0.135. The Balaban J connectivity index is 1.98. The SMILES string of the molecule is CN(Cc1ccc(F)cc1)C(=O)C1CCCCCC1N. The third-order valence-corrected chi connectivity index (χ3v) is 4.10. The monoisotopic (exact) mass is 278 g/mol. The third-order valence-electron chi connectivity index (χ3n) is 4.10. The molecule has 2 rings (SSSR count). The summed E-state index contributed by atoms with van der Waals surface area (Å²) in [6.07, 6.45) is 5.18. The van der Waals surface area contributed by atoms with Crippen molar-refractivity contribution in [3.8, 4) is 0 Å². The van der Waals surface area contributed by atoms with Crippen molar-refractivity contribution in [3.05, 3.63) is 35.6 Å². The maximum Gasteiger partial charge on any atom is 0.227 e. The van der Waals surface area contributed by atoms with E-state index in [9.17, 15) is 9.18 Å². The number of halogens is 1. The fraction of sp³-hybridized carbons (Fsp3) is 0.562. The van der Waals surface area contributed by atoms with Gasteiger partial charge in [0, 0.05) is 19.6 Å². The van der Waals surface area contributed by atoms with Crippen LogP contribution in [0.4, 0.5) is 4.39 Å². The third kappa shape index (κ3) is 3.79. The average molecular weight is 278 g/mol. The molecule has 1 aliphatic carbocycles. The molecule has 2 atom stereocenters. The van der Waals surface area contributed by atoms with Crippen LogP contribution < -0.4 is 5.73 Å². The molecular formula is C16H23FN2O. The van der Waals surface area contributed by atoms with Crippen molar-refractivity contribution in [1.82, 2.24) is 4.90 Å². The van der Waals surface area contributed by atoms with Gasteiger partial charge >= 0.3 is 0 Å². The van der Waals surface area contributed by atoms with E-state index < -0.39 is 0 Å². The number of nitrogens with zero attached hydrogens (tertiary/aromatic N) is 1. The van der Waals surface area contributed by atoms with Crippen molar-refractivity contribution < 1.29 is 9.18 Å². The predicted molar refractivity (Wildman–Crippen MR) is 77.4 cm³/mol. The summed E-state index contributed by atoms with van der Waals surface area (Å²) in [6.45, 7) is 0.502. The standard InChI is InChI=1S/C16H23FN2O/c1-19(11-12-7-9-13(17)10-8-12)16(20)14-5-3-2-4-6-15(14)18/h7-10,14-15H,2-6,11,18H2,1H3. The Bertz CT molecular complexity index is 446. The molecule has 1 aromatic rings. The summed E-state index contributed by atoms with van der Waals surface area (Å²) in [5, 5.41) is 0. The summed E-state index contributed by atoms with van der Waals surface area (Å²) >= 11 is 0. The molecule has 1 aliphatic rings. The van der Waals surface area contributed by atoms with Gasteiger partial charge in [0.1, 0.15) is 5.82 Å². The first-order valence-corrected chi connectivity index (χ1v) is 7.33. The summed E-state index contributed by atoms with van der Waals surface area (Å²) < 4.78 is 12.9. The van der Waals surface area contributed by atoms with Gasteiger partial charge in [-0.05, 0) is 30.5 Å². The van der Waals surface area contributed by atoms with Gasteiger partial charge in [-0.1, -0.05) is 31.4 Å². The van der Waals surface area contributed by atoms with Crippen LogP contribution in [0.1, 0.15) is 37.7 Å². The maximum atomic E-state index is 12.9. The largest absolute Gasteiger partial charge is 0.341 e. The van der Waals surface area contributed by atoms with Crippen LogP contribution in [0.5, 0.6) is 0 Å². The second kappa shape index (κ2) is 6.84. The topological polar surface area (TPSA) is 46.3 Å². The minimum Gasteiger partial charge on any atom is -0.341 e. The normalized spacial score (nSPS) is 23.1. The zero-order valence-electron chi connectivity index (χ0n) is 12.0. The van der Waals surface area contributed by atoms with E-state index in [-0.39, 0.29) is 23.7 Å². The Morgan fingerprint density at radius 3 is 2.60 bits per heavy atom. The lowest BCUT2D eigenvalue weighted by Crippen LogP contribution is -2.41. The molecule has 0 saturated heterocycles. The molecule has 0 bridgehead atoms. The maximum absolute atomic E-state index is 12.9. The van der Waals surface area contributed by atoms with Crippen molar-refractivity contribution >= 4 is 5.91 Å². The van der Waals surface area contributed by atoms with E-state index in [0.717, 1.165) is 31.2 Å². The predicted octanol–water partition coefficient (Wildman–Crippen LogP) is 2.69. The van der Waals surface area contributed by atoms with Gasteiger partial charge in [-0.15, -0.1) is 0 Å². The molecule has 1 saturated carbocycles. The number of amides is 1. The van der Waals surface area contributed by atoms with Crippen LogP contribution in [-0.4, -0.2) is 23.9 Å². The fourth-order valence-corrected chi connectivity index (χ4v) is 2.87. The first-order valence-electron chi connectivity index (χ1n) is 7.33. The van der Waals surface area contributed by atoms with Crippen LogP contribution in [0.25, 0.3) is 0 Å². The van der Waals surface area contributed by atoms with Crippen molar-refractivity contribution in [2.45, 2.75) is 44.7 Å². The van der Waals surface area contributed by atoms with Crippen molar-refractivity contribution in [1.29, 1.82) is 0 Å². The van der Waals surface area contributed by atoms with E-state index in [4.69, 9.17) is 5.73 Å². The Labute approximate surface area is 120 Å². The van der Waals surface area contributed by atoms with Gasteiger partial charge < -0.3 is 10.6 Å². The molecule has 1 fully saturated rings. The Morgan fingerprint density at radius 2 is 1.90 bits per heavy atom. The summed E-state index contributed by atoms with van der Waals surface area (Å²) in [5.41, 5.74) is 7.07. The lowest BCUT2D eigenvalue weighted by atomic mass is 9.94. The zero-order valence-corrected chi connectivity index (χ0v) is 12.0. The van der Waals surface area contributed by atoms with Crippen molar-refractivity contribution in [2.24, 2.45) is 11.7 Å². The molecule has 1 amide bonds. The number of nitrogens with two attached hydrogens (primary N) is 1. The Morgan fingerprint density at radius 1 is 1.25 bits per heavy atom. The molecule has 0 heterocycles. The first-order chi connectivity index (χ1) is 9.58. The molecule has 1 aromatic carbocycles. The Kier molecular flexibility index (Phi) is 5.12. The second-order valence-corrected chi connectivity index (χ2v) is 5.73. The molecule has 0 aliphatic heterocycles. The van der Waals surface area contributed by atoms with Crippen LogP contribution >= 0.6 is 0 Å². The van der Waals surface area contributed by atoms with Gasteiger partial charge in [0.25, 0.3) is 0 Å². The van der Waals surface area contributed by atoms with E-state index in [2.05, 4.69) is 0 Å². The number of carbonyl (C=O) groups excluding carboxylic acids is 1. The molecule has 2 N–H and O–H groups in total. The minimum absolute atomic E-state index is 0.0272. The van der Waals surface area contributed by atoms with E-state index in [1.807, 2.05) is 0 Å². The van der Waals surface area contributed by atoms with E-state index in [1.165, 1.54) is 18.6 Å². The van der Waals surface area contributed by atoms with E-state index >= 15 is 0 Å². The van der Waals surface area contributed by atoms with Gasteiger partial charge in [0.15, 0.2) is 0 Å². The molecule has 0 aromatic heterocycles. The fourth-order valence-electron chi connectivity index (χ4n) is 2.87. The number of hydrogen-bond donors (Lipinski definition) is 1. The number of hydrogen-bond acceptors (Lipinski definition) is 2. The molecule has 3 nitrogen and oxygen atoms in total. The number of benzene rings is 1. The van der Waals surface area contributed by atoms with Crippen LogP contribution in [0, 0.1) is 11.7 Å². The van der Waals surface area contributed by atoms with Gasteiger partial charge in [0.2, 0.25) is 5.91 Å². The van der Waals surface area contributed by atoms with Crippen LogP contribution in [0.3, 0.4) is 0 Å². The first kappa shape index (κ1) is 15.0. The van der Waals surface area contributed by atoms with E-state index in [1.54, 1.807) is 24.1 Å². The molecule has 0 spiro atoms. The Hall–Kier alpha value is -1.42.